The molecular weight excluding hydrogens is 593 g/mol. The highest BCUT2D eigenvalue weighted by atomic mass is 35.5. The fourth-order valence-corrected chi connectivity index (χ4v) is 6.02. The highest BCUT2D eigenvalue weighted by Gasteiger charge is 2.33. The van der Waals surface area contributed by atoms with Crippen molar-refractivity contribution < 1.29 is 35.3 Å². The Morgan fingerprint density at radius 1 is 1.05 bits per heavy atom. The van der Waals surface area contributed by atoms with Gasteiger partial charge in [0.1, 0.15) is 10.6 Å². The molecule has 0 radical (unpaired) electrons. The number of halogens is 4. The smallest absolute Gasteiger partial charge is 0.379 e. The Labute approximate surface area is 248 Å². The van der Waals surface area contributed by atoms with Gasteiger partial charge >= 0.3 is 16.3 Å². The van der Waals surface area contributed by atoms with E-state index in [9.17, 15) is 26.4 Å². The fourth-order valence-electron chi connectivity index (χ4n) is 4.80. The SMILES string of the molecule is CCN(CC)c1ccc(CN(C[C@H]2CCCO2)C(=O)c2ccccc2Cl)c(OS(=O)(=O)c2cccc(C(F)(F)F)c2)c1. The fraction of sp³-hybridized carbons (Fsp3) is 0.367. The third-order valence-corrected chi connectivity index (χ3v) is 8.59. The minimum atomic E-state index is -4.73. The Balaban J connectivity index is 1.74. The summed E-state index contributed by atoms with van der Waals surface area (Å²) in [5.74, 6) is -0.475. The number of alkyl halides is 3. The summed E-state index contributed by atoms with van der Waals surface area (Å²) < 4.78 is 77.9. The van der Waals surface area contributed by atoms with Gasteiger partial charge in [0.05, 0.1) is 22.3 Å². The zero-order chi connectivity index (χ0) is 30.5. The number of nitrogens with zero attached hydrogens (tertiary/aromatic N) is 2. The lowest BCUT2D eigenvalue weighted by molar-refractivity contribution is -0.137. The van der Waals surface area contributed by atoms with Crippen LogP contribution >= 0.6 is 11.6 Å². The molecule has 12 heteroatoms. The molecule has 1 aliphatic rings. The molecule has 0 saturated carbocycles. The molecule has 0 aliphatic carbocycles. The Hall–Kier alpha value is -3.28. The van der Waals surface area contributed by atoms with Crippen LogP contribution in [0.25, 0.3) is 0 Å². The summed E-state index contributed by atoms with van der Waals surface area (Å²) in [7, 11) is -4.68. The molecule has 1 saturated heterocycles. The molecular formula is C30H32ClF3N2O5S. The van der Waals surface area contributed by atoms with Crippen LogP contribution in [-0.4, -0.2) is 51.6 Å². The molecule has 1 heterocycles. The summed E-state index contributed by atoms with van der Waals surface area (Å²) >= 11 is 6.33. The van der Waals surface area contributed by atoms with Gasteiger partial charge in [-0.05, 0) is 63.1 Å². The summed E-state index contributed by atoms with van der Waals surface area (Å²) in [4.78, 5) is 16.5. The van der Waals surface area contributed by atoms with Crippen molar-refractivity contribution in [1.82, 2.24) is 4.90 Å². The van der Waals surface area contributed by atoms with Gasteiger partial charge in [0.2, 0.25) is 0 Å². The zero-order valence-corrected chi connectivity index (χ0v) is 24.8. The third-order valence-electron chi connectivity index (χ3n) is 7.03. The molecule has 4 rings (SSSR count). The van der Waals surface area contributed by atoms with E-state index in [0.29, 0.717) is 37.0 Å². The largest absolute Gasteiger partial charge is 0.416 e. The lowest BCUT2D eigenvalue weighted by Crippen LogP contribution is -2.37. The maximum Gasteiger partial charge on any atom is 0.416 e. The molecule has 1 amide bonds. The van der Waals surface area contributed by atoms with E-state index in [0.717, 1.165) is 31.0 Å². The molecule has 0 N–H and O–H groups in total. The molecule has 0 bridgehead atoms. The summed E-state index contributed by atoms with van der Waals surface area (Å²) in [6, 6.07) is 15.0. The van der Waals surface area contributed by atoms with Crippen molar-refractivity contribution in [1.29, 1.82) is 0 Å². The highest BCUT2D eigenvalue weighted by Crippen LogP contribution is 2.34. The first-order valence-electron chi connectivity index (χ1n) is 13.6. The van der Waals surface area contributed by atoms with Crippen molar-refractivity contribution in [3.63, 3.8) is 0 Å². The average Bonchev–Trinajstić information content (AvgIpc) is 3.47. The third kappa shape index (κ3) is 7.56. The molecule has 0 spiro atoms. The van der Waals surface area contributed by atoms with E-state index >= 15 is 0 Å². The van der Waals surface area contributed by atoms with Crippen LogP contribution in [0, 0.1) is 0 Å². The maximum atomic E-state index is 13.7. The maximum absolute atomic E-state index is 13.7. The number of hydrogen-bond acceptors (Lipinski definition) is 6. The number of anilines is 1. The molecule has 0 aromatic heterocycles. The summed E-state index contributed by atoms with van der Waals surface area (Å²) in [5.41, 5.74) is 0.161. The zero-order valence-electron chi connectivity index (χ0n) is 23.2. The van der Waals surface area contributed by atoms with E-state index in [-0.39, 0.29) is 41.4 Å². The van der Waals surface area contributed by atoms with Crippen LogP contribution in [0.2, 0.25) is 5.02 Å². The Morgan fingerprint density at radius 2 is 1.79 bits per heavy atom. The molecule has 226 valence electrons. The van der Waals surface area contributed by atoms with E-state index in [1.807, 2.05) is 18.7 Å². The molecule has 1 fully saturated rings. The second-order valence-electron chi connectivity index (χ2n) is 9.83. The van der Waals surface area contributed by atoms with Crippen LogP contribution in [0.15, 0.2) is 71.6 Å². The van der Waals surface area contributed by atoms with Gasteiger partial charge < -0.3 is 18.7 Å². The number of amides is 1. The van der Waals surface area contributed by atoms with Crippen molar-refractivity contribution in [2.75, 3.05) is 31.1 Å². The molecule has 1 aliphatic heterocycles. The lowest BCUT2D eigenvalue weighted by atomic mass is 10.1. The normalized spacial score (nSPS) is 15.4. The predicted molar refractivity (Wildman–Crippen MR) is 154 cm³/mol. The van der Waals surface area contributed by atoms with Crippen molar-refractivity contribution in [3.05, 3.63) is 88.4 Å². The second kappa shape index (κ2) is 13.4. The van der Waals surface area contributed by atoms with E-state index < -0.39 is 26.8 Å². The van der Waals surface area contributed by atoms with Gasteiger partial charge in [0.25, 0.3) is 5.91 Å². The van der Waals surface area contributed by atoms with Gasteiger partial charge in [-0.3, -0.25) is 4.79 Å². The number of hydrogen-bond donors (Lipinski definition) is 0. The van der Waals surface area contributed by atoms with Gasteiger partial charge in [-0.25, -0.2) is 0 Å². The molecule has 7 nitrogen and oxygen atoms in total. The van der Waals surface area contributed by atoms with Crippen LogP contribution in [0.4, 0.5) is 18.9 Å². The van der Waals surface area contributed by atoms with Gasteiger partial charge in [-0.2, -0.15) is 21.6 Å². The molecule has 0 unspecified atom stereocenters. The standard InChI is InChI=1S/C30H32ClF3N2O5S/c1-3-35(4-2)23-15-14-21(28(18-23)41-42(38,39)25-11-7-9-22(17-25)30(32,33)34)19-36(20-24-10-8-16-40-24)29(37)26-12-5-6-13-27(26)31/h5-7,9,11-15,17-18,24H,3-4,8,10,16,19-20H2,1-2H3/t24-/m1/s1. The van der Waals surface area contributed by atoms with E-state index in [2.05, 4.69) is 0 Å². The van der Waals surface area contributed by atoms with Crippen LogP contribution in [0.5, 0.6) is 5.75 Å². The quantitative estimate of drug-likeness (QED) is 0.219. The Kier molecular flexibility index (Phi) is 10.1. The number of carbonyl (C=O) groups excluding carboxylic acids is 1. The van der Waals surface area contributed by atoms with Gasteiger partial charge in [0, 0.05) is 50.1 Å². The second-order valence-corrected chi connectivity index (χ2v) is 11.8. The molecule has 3 aromatic carbocycles. The number of carbonyl (C=O) groups is 1. The van der Waals surface area contributed by atoms with Crippen molar-refractivity contribution >= 4 is 33.3 Å². The van der Waals surface area contributed by atoms with Crippen molar-refractivity contribution in [2.45, 2.75) is 50.4 Å². The predicted octanol–water partition coefficient (Wildman–Crippen LogP) is 6.79. The minimum absolute atomic E-state index is 0.0596. The molecule has 1 atom stereocenters. The molecule has 42 heavy (non-hydrogen) atoms. The first-order chi connectivity index (χ1) is 19.9. The first-order valence-corrected chi connectivity index (χ1v) is 15.4. The van der Waals surface area contributed by atoms with Gasteiger partial charge in [0.15, 0.2) is 0 Å². The summed E-state index contributed by atoms with van der Waals surface area (Å²) in [6.07, 6.45) is -3.35. The monoisotopic (exact) mass is 624 g/mol. The van der Waals surface area contributed by atoms with E-state index in [4.69, 9.17) is 20.5 Å². The minimum Gasteiger partial charge on any atom is -0.379 e. The van der Waals surface area contributed by atoms with Gasteiger partial charge in [-0.1, -0.05) is 35.9 Å². The van der Waals surface area contributed by atoms with Gasteiger partial charge in [-0.15, -0.1) is 0 Å². The lowest BCUT2D eigenvalue weighted by Gasteiger charge is -2.28. The number of ether oxygens (including phenoxy) is 1. The van der Waals surface area contributed by atoms with Crippen LogP contribution in [-0.2, 0) is 27.6 Å². The van der Waals surface area contributed by atoms with E-state index in [1.54, 1.807) is 36.4 Å². The first kappa shape index (κ1) is 31.7. The van der Waals surface area contributed by atoms with Crippen LogP contribution in [0.1, 0.15) is 48.2 Å². The van der Waals surface area contributed by atoms with Crippen LogP contribution < -0.4 is 9.08 Å². The number of rotatable bonds is 11. The highest BCUT2D eigenvalue weighted by molar-refractivity contribution is 7.87. The van der Waals surface area contributed by atoms with Crippen LogP contribution in [0.3, 0.4) is 0 Å². The number of benzene rings is 3. The topological polar surface area (TPSA) is 76.2 Å². The van der Waals surface area contributed by atoms with E-state index in [1.165, 1.54) is 11.0 Å². The summed E-state index contributed by atoms with van der Waals surface area (Å²) in [6.45, 7) is 5.84. The Bertz CT molecular complexity index is 1510. The average molecular weight is 625 g/mol. The van der Waals surface area contributed by atoms with Crippen molar-refractivity contribution in [3.8, 4) is 5.75 Å². The summed E-state index contributed by atoms with van der Waals surface area (Å²) in [5, 5.41) is 0.264. The van der Waals surface area contributed by atoms with Crippen molar-refractivity contribution in [2.24, 2.45) is 0 Å². The Morgan fingerprint density at radius 3 is 2.43 bits per heavy atom. The molecule has 3 aromatic rings.